The molecule has 0 spiro atoms. The van der Waals surface area contributed by atoms with Crippen molar-refractivity contribution in [2.24, 2.45) is 0 Å². The largest absolute Gasteiger partial charge is 0.348 e. The maximum atomic E-state index is 12.8. The van der Waals surface area contributed by atoms with Crippen LogP contribution in [0.25, 0.3) is 0 Å². The first kappa shape index (κ1) is 21.3. The summed E-state index contributed by atoms with van der Waals surface area (Å²) in [6, 6.07) is 24.5. The Morgan fingerprint density at radius 1 is 1.03 bits per heavy atom. The molecule has 158 valence electrons. The van der Waals surface area contributed by atoms with Crippen LogP contribution >= 0.6 is 23.1 Å². The third-order valence-corrected chi connectivity index (χ3v) is 6.83. The average Bonchev–Trinajstić information content (AvgIpc) is 3.49. The van der Waals surface area contributed by atoms with Gasteiger partial charge < -0.3 is 9.88 Å². The molecule has 2 aromatic carbocycles. The van der Waals surface area contributed by atoms with E-state index in [2.05, 4.69) is 57.3 Å². The van der Waals surface area contributed by atoms with Gasteiger partial charge >= 0.3 is 0 Å². The normalized spacial score (nSPS) is 11.9. The van der Waals surface area contributed by atoms with Gasteiger partial charge in [-0.05, 0) is 35.4 Å². The molecule has 4 aromatic rings. The van der Waals surface area contributed by atoms with Crippen molar-refractivity contribution in [3.05, 3.63) is 101 Å². The summed E-state index contributed by atoms with van der Waals surface area (Å²) in [6.45, 7) is 0.804. The molecule has 2 heterocycles. The Balaban J connectivity index is 1.35. The fraction of sp³-hybridized carbons (Fsp3) is 0.208. The van der Waals surface area contributed by atoms with E-state index in [0.717, 1.165) is 30.1 Å². The van der Waals surface area contributed by atoms with Gasteiger partial charge in [0.05, 0.1) is 11.8 Å². The summed E-state index contributed by atoms with van der Waals surface area (Å²) in [5.41, 5.74) is 2.29. The van der Waals surface area contributed by atoms with E-state index in [-0.39, 0.29) is 11.9 Å². The molecule has 1 amide bonds. The highest BCUT2D eigenvalue weighted by Crippen LogP contribution is 2.20. The summed E-state index contributed by atoms with van der Waals surface area (Å²) in [5.74, 6) is 0.290. The minimum absolute atomic E-state index is 0.0115. The van der Waals surface area contributed by atoms with Crippen molar-refractivity contribution in [1.29, 1.82) is 0 Å². The molecule has 0 bridgehead atoms. The van der Waals surface area contributed by atoms with Gasteiger partial charge in [0.1, 0.15) is 6.33 Å². The molecule has 5 nitrogen and oxygen atoms in total. The first-order valence-corrected chi connectivity index (χ1v) is 12.1. The number of rotatable bonds is 10. The van der Waals surface area contributed by atoms with E-state index in [0.29, 0.717) is 5.75 Å². The van der Waals surface area contributed by atoms with E-state index >= 15 is 0 Å². The quantitative estimate of drug-likeness (QED) is 0.355. The lowest BCUT2D eigenvalue weighted by atomic mass is 9.99. The van der Waals surface area contributed by atoms with E-state index in [1.54, 1.807) is 17.7 Å². The van der Waals surface area contributed by atoms with Crippen LogP contribution < -0.4 is 5.32 Å². The standard InChI is InChI=1S/C24H24N4OS2/c29-23(17-31-24-27-25-18-28(24)14-13-21-12-7-15-30-21)26-22(20-10-5-2-6-11-20)16-19-8-3-1-4-9-19/h1-12,15,18,22H,13-14,16-17H2,(H,26,29)/t22-/m0/s1. The van der Waals surface area contributed by atoms with Crippen LogP contribution in [0.15, 0.2) is 89.7 Å². The molecule has 4 rings (SSSR count). The number of nitrogens with zero attached hydrogens (tertiary/aromatic N) is 3. The molecule has 1 N–H and O–H groups in total. The van der Waals surface area contributed by atoms with Gasteiger partial charge in [0.2, 0.25) is 5.91 Å². The number of benzene rings is 2. The lowest BCUT2D eigenvalue weighted by Gasteiger charge is -2.19. The van der Waals surface area contributed by atoms with Crippen LogP contribution in [0.1, 0.15) is 22.0 Å². The van der Waals surface area contributed by atoms with E-state index in [9.17, 15) is 4.79 Å². The summed E-state index contributed by atoms with van der Waals surface area (Å²) in [7, 11) is 0. The zero-order valence-electron chi connectivity index (χ0n) is 17.1. The second-order valence-corrected chi connectivity index (χ2v) is 9.12. The number of thiophene rings is 1. The summed E-state index contributed by atoms with van der Waals surface area (Å²) >= 11 is 3.17. The predicted molar refractivity (Wildman–Crippen MR) is 126 cm³/mol. The van der Waals surface area contributed by atoms with Gasteiger partial charge in [0.25, 0.3) is 0 Å². The van der Waals surface area contributed by atoms with Crippen LogP contribution in [0.3, 0.4) is 0 Å². The second kappa shape index (κ2) is 10.9. The van der Waals surface area contributed by atoms with Gasteiger partial charge in [0, 0.05) is 11.4 Å². The van der Waals surface area contributed by atoms with E-state index in [1.165, 1.54) is 22.2 Å². The third-order valence-electron chi connectivity index (χ3n) is 4.91. The Morgan fingerprint density at radius 2 is 1.81 bits per heavy atom. The van der Waals surface area contributed by atoms with Crippen molar-refractivity contribution in [3.63, 3.8) is 0 Å². The summed E-state index contributed by atoms with van der Waals surface area (Å²) < 4.78 is 2.01. The fourth-order valence-electron chi connectivity index (χ4n) is 3.35. The number of hydrogen-bond donors (Lipinski definition) is 1. The van der Waals surface area contributed by atoms with Crippen LogP contribution in [0, 0.1) is 0 Å². The second-order valence-electron chi connectivity index (χ2n) is 7.15. The smallest absolute Gasteiger partial charge is 0.230 e. The van der Waals surface area contributed by atoms with Crippen molar-refractivity contribution in [2.75, 3.05) is 5.75 Å². The molecule has 0 saturated heterocycles. The SMILES string of the molecule is O=C(CSc1nncn1CCc1cccs1)N[C@@H](Cc1ccccc1)c1ccccc1. The lowest BCUT2D eigenvalue weighted by molar-refractivity contribution is -0.119. The number of nitrogens with one attached hydrogen (secondary N) is 1. The highest BCUT2D eigenvalue weighted by atomic mass is 32.2. The Bertz CT molecular complexity index is 1070. The van der Waals surface area contributed by atoms with Crippen LogP contribution in [0.2, 0.25) is 0 Å². The molecule has 2 aromatic heterocycles. The van der Waals surface area contributed by atoms with Gasteiger partial charge in [-0.3, -0.25) is 4.79 Å². The Hall–Kier alpha value is -2.90. The number of carbonyl (C=O) groups is 1. The Labute approximate surface area is 190 Å². The van der Waals surface area contributed by atoms with E-state index in [4.69, 9.17) is 0 Å². The Morgan fingerprint density at radius 3 is 2.55 bits per heavy atom. The molecule has 31 heavy (non-hydrogen) atoms. The van der Waals surface area contributed by atoms with Crippen LogP contribution in [0.5, 0.6) is 0 Å². The number of hydrogen-bond acceptors (Lipinski definition) is 5. The molecule has 1 atom stereocenters. The number of amides is 1. The predicted octanol–water partition coefficient (Wildman–Crippen LogP) is 4.77. The number of carbonyl (C=O) groups excluding carboxylic acids is 1. The minimum Gasteiger partial charge on any atom is -0.348 e. The number of aromatic nitrogens is 3. The van der Waals surface area contributed by atoms with Crippen molar-refractivity contribution in [2.45, 2.75) is 30.6 Å². The molecule has 0 aliphatic carbocycles. The van der Waals surface area contributed by atoms with Gasteiger partial charge in [-0.1, -0.05) is 78.5 Å². The zero-order chi connectivity index (χ0) is 21.3. The Kier molecular flexibility index (Phi) is 7.52. The van der Waals surface area contributed by atoms with Crippen LogP contribution in [0.4, 0.5) is 0 Å². The molecular weight excluding hydrogens is 424 g/mol. The van der Waals surface area contributed by atoms with Crippen molar-refractivity contribution >= 4 is 29.0 Å². The number of thioether (sulfide) groups is 1. The zero-order valence-corrected chi connectivity index (χ0v) is 18.7. The summed E-state index contributed by atoms with van der Waals surface area (Å²) in [5, 5.41) is 14.3. The lowest BCUT2D eigenvalue weighted by Crippen LogP contribution is -2.31. The van der Waals surface area contributed by atoms with Gasteiger partial charge in [-0.15, -0.1) is 21.5 Å². The highest BCUT2D eigenvalue weighted by Gasteiger charge is 2.16. The summed E-state index contributed by atoms with van der Waals surface area (Å²) in [6.07, 6.45) is 3.41. The van der Waals surface area contributed by atoms with Crippen molar-refractivity contribution in [3.8, 4) is 0 Å². The van der Waals surface area contributed by atoms with Gasteiger partial charge in [0.15, 0.2) is 5.16 Å². The maximum absolute atomic E-state index is 12.8. The number of aryl methyl sites for hydroxylation is 2. The van der Waals surface area contributed by atoms with E-state index in [1.807, 2.05) is 41.0 Å². The topological polar surface area (TPSA) is 59.8 Å². The van der Waals surface area contributed by atoms with E-state index < -0.39 is 0 Å². The molecule has 0 aliphatic heterocycles. The average molecular weight is 449 g/mol. The first-order chi connectivity index (χ1) is 15.3. The molecule has 7 heteroatoms. The maximum Gasteiger partial charge on any atom is 0.230 e. The molecule has 0 radical (unpaired) electrons. The van der Waals surface area contributed by atoms with Crippen molar-refractivity contribution < 1.29 is 4.79 Å². The first-order valence-electron chi connectivity index (χ1n) is 10.2. The highest BCUT2D eigenvalue weighted by molar-refractivity contribution is 7.99. The van der Waals surface area contributed by atoms with Crippen LogP contribution in [-0.2, 0) is 24.2 Å². The van der Waals surface area contributed by atoms with Crippen LogP contribution in [-0.4, -0.2) is 26.4 Å². The molecule has 0 fully saturated rings. The summed E-state index contributed by atoms with van der Waals surface area (Å²) in [4.78, 5) is 14.1. The monoisotopic (exact) mass is 448 g/mol. The minimum atomic E-state index is -0.0756. The molecular formula is C24H24N4OS2. The fourth-order valence-corrected chi connectivity index (χ4v) is 4.80. The van der Waals surface area contributed by atoms with Gasteiger partial charge in [-0.2, -0.15) is 0 Å². The molecule has 0 aliphatic rings. The molecule has 0 saturated carbocycles. The van der Waals surface area contributed by atoms with Crippen molar-refractivity contribution in [1.82, 2.24) is 20.1 Å². The third kappa shape index (κ3) is 6.29. The van der Waals surface area contributed by atoms with Gasteiger partial charge in [-0.25, -0.2) is 0 Å². The molecule has 0 unspecified atom stereocenters.